The van der Waals surface area contributed by atoms with Crippen molar-refractivity contribution in [3.8, 4) is 23.4 Å². The molecule has 0 spiro atoms. The van der Waals surface area contributed by atoms with Crippen molar-refractivity contribution in [2.24, 2.45) is 5.41 Å². The lowest BCUT2D eigenvalue weighted by molar-refractivity contribution is 0.474. The Balaban J connectivity index is 1.87. The van der Waals surface area contributed by atoms with Gasteiger partial charge in [-0.05, 0) is 31.0 Å². The average Bonchev–Trinajstić information content (AvgIpc) is 3.08. The monoisotopic (exact) mass is 283 g/mol. The number of rotatable bonds is 3. The van der Waals surface area contributed by atoms with E-state index < -0.39 is 0 Å². The summed E-state index contributed by atoms with van der Waals surface area (Å²) < 4.78 is 1.68. The van der Waals surface area contributed by atoms with E-state index in [4.69, 9.17) is 22.1 Å². The van der Waals surface area contributed by atoms with Crippen molar-refractivity contribution in [2.45, 2.75) is 19.4 Å². The van der Waals surface area contributed by atoms with Gasteiger partial charge in [-0.3, -0.25) is 4.68 Å². The highest BCUT2D eigenvalue weighted by Gasteiger charge is 2.43. The number of aromatic nitrogens is 3. The van der Waals surface area contributed by atoms with Crippen LogP contribution in [0.3, 0.4) is 0 Å². The molecule has 1 heterocycles. The first-order valence-electron chi connectivity index (χ1n) is 6.17. The largest absolute Gasteiger partial charge is 0.250 e. The van der Waals surface area contributed by atoms with E-state index in [1.807, 2.05) is 6.07 Å². The van der Waals surface area contributed by atoms with Crippen LogP contribution >= 0.6 is 11.6 Å². The van der Waals surface area contributed by atoms with Gasteiger partial charge < -0.3 is 0 Å². The van der Waals surface area contributed by atoms with E-state index in [-0.39, 0.29) is 5.41 Å². The van der Waals surface area contributed by atoms with Gasteiger partial charge in [-0.25, -0.2) is 0 Å². The number of halogens is 1. The fraction of sp³-hybridized carbons (Fsp3) is 0.286. The van der Waals surface area contributed by atoms with E-state index in [1.54, 1.807) is 29.1 Å². The predicted octanol–water partition coefficient (Wildman–Crippen LogP) is 2.77. The second-order valence-corrected chi connectivity index (χ2v) is 5.41. The molecule has 5 nitrogen and oxygen atoms in total. The molecule has 3 rings (SSSR count). The molecule has 6 heteroatoms. The van der Waals surface area contributed by atoms with Crippen LogP contribution < -0.4 is 0 Å². The minimum Gasteiger partial charge on any atom is -0.250 e. The number of nitrogens with zero attached hydrogens (tertiary/aromatic N) is 5. The van der Waals surface area contributed by atoms with Crippen molar-refractivity contribution in [3.63, 3.8) is 0 Å². The Hall–Kier alpha value is -2.37. The summed E-state index contributed by atoms with van der Waals surface area (Å²) >= 11 is 6.14. The molecule has 1 aliphatic rings. The van der Waals surface area contributed by atoms with Crippen molar-refractivity contribution in [1.82, 2.24) is 15.0 Å². The normalized spacial score (nSPS) is 15.3. The Morgan fingerprint density at radius 2 is 2.15 bits per heavy atom. The Morgan fingerprint density at radius 1 is 1.35 bits per heavy atom. The van der Waals surface area contributed by atoms with Crippen molar-refractivity contribution < 1.29 is 0 Å². The third-order valence-electron chi connectivity index (χ3n) is 3.47. The maximum Gasteiger partial charge on any atom is 0.114 e. The lowest BCUT2D eigenvalue weighted by Gasteiger charge is -2.03. The van der Waals surface area contributed by atoms with E-state index in [0.717, 1.165) is 18.4 Å². The van der Waals surface area contributed by atoms with Crippen LogP contribution in [-0.4, -0.2) is 15.0 Å². The standard InChI is InChI=1S/C14H10ClN5/c15-12-5-10(6-16)1-2-11(12)13-7-20(19-18-13)9-14(8-17)3-4-14/h1-2,5,7H,3-4,9H2. The van der Waals surface area contributed by atoms with Gasteiger partial charge in [-0.15, -0.1) is 5.10 Å². The van der Waals surface area contributed by atoms with Crippen molar-refractivity contribution in [2.75, 3.05) is 0 Å². The Kier molecular flexibility index (Phi) is 2.93. The first-order chi connectivity index (χ1) is 9.65. The van der Waals surface area contributed by atoms with E-state index >= 15 is 0 Å². The summed E-state index contributed by atoms with van der Waals surface area (Å²) in [5.41, 5.74) is 1.62. The van der Waals surface area contributed by atoms with Crippen LogP contribution in [0.15, 0.2) is 24.4 Å². The third kappa shape index (κ3) is 2.24. The molecule has 1 aliphatic carbocycles. The van der Waals surface area contributed by atoms with Gasteiger partial charge in [0, 0.05) is 5.56 Å². The molecule has 0 aliphatic heterocycles. The zero-order valence-electron chi connectivity index (χ0n) is 10.5. The van der Waals surface area contributed by atoms with Gasteiger partial charge in [0.1, 0.15) is 5.69 Å². The summed E-state index contributed by atoms with van der Waals surface area (Å²) in [6, 6.07) is 9.42. The molecule has 0 atom stereocenters. The van der Waals surface area contributed by atoms with E-state index in [0.29, 0.717) is 22.8 Å². The molecule has 0 saturated heterocycles. The van der Waals surface area contributed by atoms with Gasteiger partial charge in [-0.2, -0.15) is 10.5 Å². The van der Waals surface area contributed by atoms with Crippen molar-refractivity contribution in [1.29, 1.82) is 10.5 Å². The molecule has 0 radical (unpaired) electrons. The molecule has 0 amide bonds. The summed E-state index contributed by atoms with van der Waals surface area (Å²) in [6.45, 7) is 0.560. The molecule has 0 unspecified atom stereocenters. The van der Waals surface area contributed by atoms with Crippen LogP contribution in [0.1, 0.15) is 18.4 Å². The number of hydrogen-bond acceptors (Lipinski definition) is 4. The molecule has 0 bridgehead atoms. The predicted molar refractivity (Wildman–Crippen MR) is 72.5 cm³/mol. The quantitative estimate of drug-likeness (QED) is 0.867. The van der Waals surface area contributed by atoms with Gasteiger partial charge in [0.2, 0.25) is 0 Å². The molecular weight excluding hydrogens is 274 g/mol. The second-order valence-electron chi connectivity index (χ2n) is 5.00. The Bertz CT molecular complexity index is 746. The zero-order valence-corrected chi connectivity index (χ0v) is 11.3. The van der Waals surface area contributed by atoms with Gasteiger partial charge in [0.25, 0.3) is 0 Å². The number of hydrogen-bond donors (Lipinski definition) is 0. The molecule has 20 heavy (non-hydrogen) atoms. The first kappa shape index (κ1) is 12.7. The Labute approximate surface area is 121 Å². The summed E-state index contributed by atoms with van der Waals surface area (Å²) in [4.78, 5) is 0. The van der Waals surface area contributed by atoms with Gasteiger partial charge in [0.15, 0.2) is 0 Å². The highest BCUT2D eigenvalue weighted by molar-refractivity contribution is 6.33. The van der Waals surface area contributed by atoms with E-state index in [9.17, 15) is 0 Å². The summed E-state index contributed by atoms with van der Waals surface area (Å²) in [6.07, 6.45) is 3.61. The lowest BCUT2D eigenvalue weighted by atomic mass is 10.1. The van der Waals surface area contributed by atoms with E-state index in [1.165, 1.54) is 0 Å². The molecule has 0 N–H and O–H groups in total. The van der Waals surface area contributed by atoms with Crippen molar-refractivity contribution in [3.05, 3.63) is 35.0 Å². The van der Waals surface area contributed by atoms with Crippen LogP contribution in [0.4, 0.5) is 0 Å². The Morgan fingerprint density at radius 3 is 2.75 bits per heavy atom. The topological polar surface area (TPSA) is 78.3 Å². The number of nitriles is 2. The fourth-order valence-electron chi connectivity index (χ4n) is 2.06. The van der Waals surface area contributed by atoms with E-state index in [2.05, 4.69) is 16.4 Å². The average molecular weight is 284 g/mol. The molecule has 1 aromatic heterocycles. The van der Waals surface area contributed by atoms with Gasteiger partial charge in [0.05, 0.1) is 40.9 Å². The summed E-state index contributed by atoms with van der Waals surface area (Å²) in [5.74, 6) is 0. The van der Waals surface area contributed by atoms with Crippen LogP contribution in [0.2, 0.25) is 5.02 Å². The summed E-state index contributed by atoms with van der Waals surface area (Å²) in [5, 5.41) is 26.5. The van der Waals surface area contributed by atoms with Crippen LogP contribution in [0, 0.1) is 28.1 Å². The maximum absolute atomic E-state index is 9.08. The summed E-state index contributed by atoms with van der Waals surface area (Å²) in [7, 11) is 0. The number of benzene rings is 1. The fourth-order valence-corrected chi connectivity index (χ4v) is 2.34. The van der Waals surface area contributed by atoms with Gasteiger partial charge >= 0.3 is 0 Å². The SMILES string of the molecule is N#Cc1ccc(-c2cn(CC3(C#N)CC3)nn2)c(Cl)c1. The minimum absolute atomic E-state index is 0.264. The smallest absolute Gasteiger partial charge is 0.114 e. The third-order valence-corrected chi connectivity index (χ3v) is 3.78. The first-order valence-corrected chi connectivity index (χ1v) is 6.55. The minimum atomic E-state index is -0.264. The zero-order chi connectivity index (χ0) is 14.2. The lowest BCUT2D eigenvalue weighted by Crippen LogP contribution is -2.10. The van der Waals surface area contributed by atoms with Crippen LogP contribution in [-0.2, 0) is 6.54 Å². The maximum atomic E-state index is 9.08. The molecular formula is C14H10ClN5. The van der Waals surface area contributed by atoms with Crippen molar-refractivity contribution >= 4 is 11.6 Å². The molecule has 1 aromatic carbocycles. The highest BCUT2D eigenvalue weighted by Crippen LogP contribution is 2.46. The van der Waals surface area contributed by atoms with Gasteiger partial charge in [-0.1, -0.05) is 16.8 Å². The molecule has 1 saturated carbocycles. The highest BCUT2D eigenvalue weighted by atomic mass is 35.5. The second kappa shape index (κ2) is 4.63. The molecule has 1 fully saturated rings. The molecule has 2 aromatic rings. The molecule has 98 valence electrons. The van der Waals surface area contributed by atoms with Crippen LogP contribution in [0.25, 0.3) is 11.3 Å². The van der Waals surface area contributed by atoms with Crippen LogP contribution in [0.5, 0.6) is 0 Å².